The van der Waals surface area contributed by atoms with Gasteiger partial charge in [-0.1, -0.05) is 22.9 Å². The van der Waals surface area contributed by atoms with Crippen LogP contribution in [0, 0.1) is 0 Å². The number of halogens is 1. The second kappa shape index (κ2) is 6.76. The van der Waals surface area contributed by atoms with E-state index in [1.54, 1.807) is 19.9 Å². The topological polar surface area (TPSA) is 92.7 Å². The second-order valence-electron chi connectivity index (χ2n) is 4.62. The zero-order valence-corrected chi connectivity index (χ0v) is 14.4. The molecule has 1 aromatic carbocycles. The third-order valence-corrected chi connectivity index (χ3v) is 5.14. The lowest BCUT2D eigenvalue weighted by atomic mass is 10.0. The molecule has 0 aliphatic carbocycles. The average Bonchev–Trinajstić information content (AvgIpc) is 2.40. The summed E-state index contributed by atoms with van der Waals surface area (Å²) in [4.78, 5) is 11.2. The van der Waals surface area contributed by atoms with Gasteiger partial charge in [-0.25, -0.2) is 8.42 Å². The summed E-state index contributed by atoms with van der Waals surface area (Å²) in [5, 5.41) is 9.20. The van der Waals surface area contributed by atoms with E-state index in [2.05, 4.69) is 20.7 Å². The fourth-order valence-corrected chi connectivity index (χ4v) is 3.71. The lowest BCUT2D eigenvalue weighted by Gasteiger charge is -2.25. The van der Waals surface area contributed by atoms with Gasteiger partial charge in [0.25, 0.3) is 0 Å². The summed E-state index contributed by atoms with van der Waals surface area (Å²) in [5.74, 6) is -1.06. The minimum Gasteiger partial charge on any atom is -0.492 e. The van der Waals surface area contributed by atoms with Crippen molar-refractivity contribution >= 4 is 31.9 Å². The van der Waals surface area contributed by atoms with Gasteiger partial charge in [0, 0.05) is 4.47 Å². The van der Waals surface area contributed by atoms with Crippen molar-refractivity contribution in [1.82, 2.24) is 4.72 Å². The van der Waals surface area contributed by atoms with Crippen molar-refractivity contribution < 1.29 is 23.1 Å². The highest BCUT2D eigenvalue weighted by Crippen LogP contribution is 2.29. The van der Waals surface area contributed by atoms with Crippen LogP contribution in [0.5, 0.6) is 5.75 Å². The number of rotatable bonds is 7. The average molecular weight is 380 g/mol. The van der Waals surface area contributed by atoms with Crippen LogP contribution in [-0.4, -0.2) is 31.6 Å². The molecule has 118 valence electrons. The Balaban J connectivity index is 3.31. The minimum absolute atomic E-state index is 0.0975. The first-order valence-corrected chi connectivity index (χ1v) is 8.63. The van der Waals surface area contributed by atoms with Crippen molar-refractivity contribution in [3.63, 3.8) is 0 Å². The molecule has 0 aliphatic heterocycles. The van der Waals surface area contributed by atoms with E-state index in [-0.39, 0.29) is 17.1 Å². The van der Waals surface area contributed by atoms with Gasteiger partial charge in [-0.2, -0.15) is 4.72 Å². The van der Waals surface area contributed by atoms with Gasteiger partial charge in [0.15, 0.2) is 0 Å². The number of ether oxygens (including phenoxy) is 1. The van der Waals surface area contributed by atoms with E-state index in [4.69, 9.17) is 4.74 Å². The number of aliphatic carboxylic acids is 1. The highest BCUT2D eigenvalue weighted by Gasteiger charge is 2.37. The van der Waals surface area contributed by atoms with Crippen molar-refractivity contribution in [2.24, 2.45) is 0 Å². The van der Waals surface area contributed by atoms with Crippen LogP contribution in [0.15, 0.2) is 27.6 Å². The van der Waals surface area contributed by atoms with E-state index in [0.717, 1.165) is 0 Å². The van der Waals surface area contributed by atoms with Crippen LogP contribution >= 0.6 is 15.9 Å². The number of hydrogen-bond donors (Lipinski definition) is 2. The first-order chi connectivity index (χ1) is 9.66. The molecule has 1 atom stereocenters. The van der Waals surface area contributed by atoms with E-state index >= 15 is 0 Å². The SMILES string of the molecule is CCOc1ccc(Br)cc1S(=O)(=O)NC(C)(CC)C(=O)O. The molecule has 2 N–H and O–H groups in total. The Kier molecular flexibility index (Phi) is 5.77. The number of benzene rings is 1. The van der Waals surface area contributed by atoms with Crippen LogP contribution < -0.4 is 9.46 Å². The molecule has 0 fully saturated rings. The van der Waals surface area contributed by atoms with Crippen LogP contribution in [0.4, 0.5) is 0 Å². The van der Waals surface area contributed by atoms with Gasteiger partial charge in [0.05, 0.1) is 6.61 Å². The van der Waals surface area contributed by atoms with E-state index in [1.165, 1.54) is 19.1 Å². The van der Waals surface area contributed by atoms with Gasteiger partial charge in [-0.05, 0) is 38.5 Å². The fourth-order valence-electron chi connectivity index (χ4n) is 1.59. The monoisotopic (exact) mass is 379 g/mol. The van der Waals surface area contributed by atoms with Gasteiger partial charge in [-0.15, -0.1) is 0 Å². The molecule has 1 rings (SSSR count). The van der Waals surface area contributed by atoms with Crippen molar-refractivity contribution in [2.75, 3.05) is 6.61 Å². The molecule has 0 radical (unpaired) electrons. The maximum atomic E-state index is 12.5. The summed E-state index contributed by atoms with van der Waals surface area (Å²) in [5.41, 5.74) is -1.58. The van der Waals surface area contributed by atoms with Crippen LogP contribution in [0.3, 0.4) is 0 Å². The molecule has 0 saturated carbocycles. The van der Waals surface area contributed by atoms with Gasteiger partial charge >= 0.3 is 5.97 Å². The van der Waals surface area contributed by atoms with Crippen LogP contribution in [0.2, 0.25) is 0 Å². The number of sulfonamides is 1. The first-order valence-electron chi connectivity index (χ1n) is 6.36. The molecule has 0 heterocycles. The van der Waals surface area contributed by atoms with E-state index in [1.807, 2.05) is 0 Å². The zero-order valence-electron chi connectivity index (χ0n) is 12.0. The fraction of sp³-hybridized carbons (Fsp3) is 0.462. The number of carbonyl (C=O) groups is 1. The number of nitrogens with one attached hydrogen (secondary N) is 1. The normalized spacial score (nSPS) is 14.5. The van der Waals surface area contributed by atoms with Gasteiger partial charge in [0.2, 0.25) is 10.0 Å². The zero-order chi connectivity index (χ0) is 16.3. The number of carboxylic acids is 1. The van der Waals surface area contributed by atoms with Crippen molar-refractivity contribution in [2.45, 2.75) is 37.6 Å². The summed E-state index contributed by atoms with van der Waals surface area (Å²) in [6, 6.07) is 4.55. The highest BCUT2D eigenvalue weighted by molar-refractivity contribution is 9.10. The molecule has 0 spiro atoms. The first kappa shape index (κ1) is 17.9. The molecule has 21 heavy (non-hydrogen) atoms. The van der Waals surface area contributed by atoms with Crippen LogP contribution in [0.1, 0.15) is 27.2 Å². The third-order valence-electron chi connectivity index (χ3n) is 3.03. The van der Waals surface area contributed by atoms with E-state index < -0.39 is 21.5 Å². The molecule has 0 saturated heterocycles. The predicted octanol–water partition coefficient (Wildman–Crippen LogP) is 2.38. The van der Waals surface area contributed by atoms with Crippen molar-refractivity contribution in [1.29, 1.82) is 0 Å². The molecule has 1 unspecified atom stereocenters. The summed E-state index contributed by atoms with van der Waals surface area (Å²) in [6.45, 7) is 4.96. The van der Waals surface area contributed by atoms with Gasteiger partial charge in [0.1, 0.15) is 16.2 Å². The minimum atomic E-state index is -4.04. The standard InChI is InChI=1S/C13H18BrNO5S/c1-4-13(3,12(16)17)15-21(18,19)11-8-9(14)6-7-10(11)20-5-2/h6-8,15H,4-5H2,1-3H3,(H,16,17). The van der Waals surface area contributed by atoms with Crippen LogP contribution in [0.25, 0.3) is 0 Å². The third kappa shape index (κ3) is 4.18. The van der Waals surface area contributed by atoms with E-state index in [9.17, 15) is 18.3 Å². The molecule has 0 amide bonds. The molecule has 0 bridgehead atoms. The highest BCUT2D eigenvalue weighted by atomic mass is 79.9. The van der Waals surface area contributed by atoms with Crippen LogP contribution in [-0.2, 0) is 14.8 Å². The molecule has 0 aliphatic rings. The Morgan fingerprint density at radius 2 is 2.05 bits per heavy atom. The quantitative estimate of drug-likeness (QED) is 0.758. The Morgan fingerprint density at radius 1 is 1.43 bits per heavy atom. The largest absolute Gasteiger partial charge is 0.492 e. The Labute approximate surface area is 132 Å². The maximum Gasteiger partial charge on any atom is 0.324 e. The summed E-state index contributed by atoms with van der Waals surface area (Å²) < 4.78 is 33.1. The van der Waals surface area contributed by atoms with Crippen molar-refractivity contribution in [3.8, 4) is 5.75 Å². The summed E-state index contributed by atoms with van der Waals surface area (Å²) in [7, 11) is -4.04. The summed E-state index contributed by atoms with van der Waals surface area (Å²) >= 11 is 3.20. The number of hydrogen-bond acceptors (Lipinski definition) is 4. The maximum absolute atomic E-state index is 12.5. The predicted molar refractivity (Wildman–Crippen MR) is 82.0 cm³/mol. The lowest BCUT2D eigenvalue weighted by Crippen LogP contribution is -2.51. The van der Waals surface area contributed by atoms with Crippen molar-refractivity contribution in [3.05, 3.63) is 22.7 Å². The molecule has 1 aromatic rings. The Hall–Kier alpha value is -1.12. The smallest absolute Gasteiger partial charge is 0.324 e. The number of carboxylic acid groups (broad SMARTS) is 1. The molecule has 6 nitrogen and oxygen atoms in total. The molecule has 0 aromatic heterocycles. The Bertz CT molecular complexity index is 631. The van der Waals surface area contributed by atoms with E-state index in [0.29, 0.717) is 11.1 Å². The Morgan fingerprint density at radius 3 is 2.52 bits per heavy atom. The lowest BCUT2D eigenvalue weighted by molar-refractivity contribution is -0.143. The molecular formula is C13H18BrNO5S. The second-order valence-corrected chi connectivity index (χ2v) is 7.19. The molecular weight excluding hydrogens is 362 g/mol. The van der Waals surface area contributed by atoms with Gasteiger partial charge in [-0.3, -0.25) is 4.79 Å². The molecule has 8 heteroatoms. The summed E-state index contributed by atoms with van der Waals surface area (Å²) in [6.07, 6.45) is 0.111. The van der Waals surface area contributed by atoms with Gasteiger partial charge < -0.3 is 9.84 Å².